The predicted octanol–water partition coefficient (Wildman–Crippen LogP) is 1.96. The highest BCUT2D eigenvalue weighted by Gasteiger charge is 2.13. The van der Waals surface area contributed by atoms with E-state index < -0.39 is 0 Å². The fourth-order valence-corrected chi connectivity index (χ4v) is 2.20. The lowest BCUT2D eigenvalue weighted by molar-refractivity contribution is 0.277. The van der Waals surface area contributed by atoms with E-state index in [0.29, 0.717) is 11.6 Å². The van der Waals surface area contributed by atoms with Crippen LogP contribution in [-0.4, -0.2) is 21.6 Å². The molecule has 0 aliphatic heterocycles. The van der Waals surface area contributed by atoms with Crippen LogP contribution in [0.3, 0.4) is 0 Å². The summed E-state index contributed by atoms with van der Waals surface area (Å²) in [6, 6.07) is 1.73. The van der Waals surface area contributed by atoms with Gasteiger partial charge in [-0.05, 0) is 24.8 Å². The van der Waals surface area contributed by atoms with E-state index in [1.54, 1.807) is 12.3 Å². The molecule has 16 heavy (non-hydrogen) atoms. The molecule has 0 amide bonds. The molecule has 1 aliphatic carbocycles. The van der Waals surface area contributed by atoms with Gasteiger partial charge in [-0.3, -0.25) is 0 Å². The number of rotatable bonds is 4. The molecule has 0 radical (unpaired) electrons. The summed E-state index contributed by atoms with van der Waals surface area (Å²) in [4.78, 5) is 8.34. The zero-order valence-corrected chi connectivity index (χ0v) is 9.52. The van der Waals surface area contributed by atoms with Gasteiger partial charge in [-0.25, -0.2) is 9.97 Å². The molecule has 0 spiro atoms. The number of anilines is 1. The molecule has 0 aromatic carbocycles. The second-order valence-electron chi connectivity index (χ2n) is 4.41. The lowest BCUT2D eigenvalue weighted by Crippen LogP contribution is -2.18. The van der Waals surface area contributed by atoms with Crippen LogP contribution in [0.1, 0.15) is 37.8 Å². The number of aliphatic hydroxyl groups is 1. The quantitative estimate of drug-likeness (QED) is 0.816. The van der Waals surface area contributed by atoms with Gasteiger partial charge in [0.05, 0.1) is 12.3 Å². The van der Waals surface area contributed by atoms with Gasteiger partial charge in [0.2, 0.25) is 5.95 Å². The average molecular weight is 221 g/mol. The lowest BCUT2D eigenvalue weighted by atomic mass is 9.89. The molecular weight excluding hydrogens is 202 g/mol. The summed E-state index contributed by atoms with van der Waals surface area (Å²) >= 11 is 0. The minimum atomic E-state index is -0.0272. The highest BCUT2D eigenvalue weighted by Crippen LogP contribution is 2.23. The summed E-state index contributed by atoms with van der Waals surface area (Å²) in [5, 5.41) is 12.2. The lowest BCUT2D eigenvalue weighted by Gasteiger charge is -2.21. The predicted molar refractivity (Wildman–Crippen MR) is 63.0 cm³/mol. The van der Waals surface area contributed by atoms with Crippen molar-refractivity contribution in [3.8, 4) is 0 Å². The summed E-state index contributed by atoms with van der Waals surface area (Å²) in [5.74, 6) is 1.40. The van der Waals surface area contributed by atoms with Gasteiger partial charge in [-0.2, -0.15) is 0 Å². The molecule has 88 valence electrons. The molecule has 0 saturated heterocycles. The molecule has 0 unspecified atom stereocenters. The van der Waals surface area contributed by atoms with E-state index >= 15 is 0 Å². The van der Waals surface area contributed by atoms with Crippen molar-refractivity contribution in [2.24, 2.45) is 5.92 Å². The van der Waals surface area contributed by atoms with E-state index in [4.69, 9.17) is 5.11 Å². The van der Waals surface area contributed by atoms with E-state index in [-0.39, 0.29) is 6.61 Å². The number of hydrogen-bond donors (Lipinski definition) is 2. The van der Waals surface area contributed by atoms with Crippen molar-refractivity contribution in [1.82, 2.24) is 9.97 Å². The second kappa shape index (κ2) is 5.80. The Bertz CT molecular complexity index is 324. The first-order valence-corrected chi connectivity index (χ1v) is 6.05. The molecule has 1 aliphatic rings. The Hall–Kier alpha value is -1.16. The van der Waals surface area contributed by atoms with E-state index in [1.807, 2.05) is 0 Å². The van der Waals surface area contributed by atoms with Crippen LogP contribution in [0, 0.1) is 5.92 Å². The normalized spacial score (nSPS) is 17.3. The summed E-state index contributed by atoms with van der Waals surface area (Å²) in [5.41, 5.74) is 0.668. The molecular formula is C12H19N3O. The van der Waals surface area contributed by atoms with Gasteiger partial charge < -0.3 is 10.4 Å². The van der Waals surface area contributed by atoms with Crippen LogP contribution in [0.5, 0.6) is 0 Å². The Kier molecular flexibility index (Phi) is 4.10. The van der Waals surface area contributed by atoms with E-state index in [1.165, 1.54) is 32.1 Å². The van der Waals surface area contributed by atoms with Crippen molar-refractivity contribution >= 4 is 5.95 Å². The number of aliphatic hydroxyl groups excluding tert-OH is 1. The highest BCUT2D eigenvalue weighted by atomic mass is 16.3. The Balaban J connectivity index is 1.83. The summed E-state index contributed by atoms with van der Waals surface area (Å²) in [6.45, 7) is 0.926. The zero-order valence-electron chi connectivity index (χ0n) is 9.52. The van der Waals surface area contributed by atoms with Crippen LogP contribution in [0.2, 0.25) is 0 Å². The number of nitrogens with zero attached hydrogens (tertiary/aromatic N) is 2. The molecule has 1 aromatic rings. The number of aromatic nitrogens is 2. The smallest absolute Gasteiger partial charge is 0.222 e. The Morgan fingerprint density at radius 2 is 2.12 bits per heavy atom. The van der Waals surface area contributed by atoms with Crippen LogP contribution in [-0.2, 0) is 6.61 Å². The first-order valence-electron chi connectivity index (χ1n) is 6.05. The van der Waals surface area contributed by atoms with Crippen LogP contribution < -0.4 is 5.32 Å². The van der Waals surface area contributed by atoms with Crippen LogP contribution in [0.25, 0.3) is 0 Å². The average Bonchev–Trinajstić information content (AvgIpc) is 2.38. The fraction of sp³-hybridized carbons (Fsp3) is 0.667. The standard InChI is InChI=1S/C12H19N3O/c16-9-11-6-7-13-12(15-11)14-8-10-4-2-1-3-5-10/h6-7,10,16H,1-5,8-9H2,(H,13,14,15). The van der Waals surface area contributed by atoms with Gasteiger partial charge in [0.1, 0.15) is 0 Å². The second-order valence-corrected chi connectivity index (χ2v) is 4.41. The van der Waals surface area contributed by atoms with Gasteiger partial charge in [0, 0.05) is 12.7 Å². The molecule has 0 bridgehead atoms. The van der Waals surface area contributed by atoms with Crippen molar-refractivity contribution in [2.45, 2.75) is 38.7 Å². The molecule has 1 heterocycles. The van der Waals surface area contributed by atoms with Gasteiger partial charge >= 0.3 is 0 Å². The van der Waals surface area contributed by atoms with Gasteiger partial charge in [0.15, 0.2) is 0 Å². The van der Waals surface area contributed by atoms with E-state index in [2.05, 4.69) is 15.3 Å². The van der Waals surface area contributed by atoms with E-state index in [0.717, 1.165) is 12.5 Å². The number of hydrogen-bond acceptors (Lipinski definition) is 4. The molecule has 2 rings (SSSR count). The van der Waals surface area contributed by atoms with Gasteiger partial charge in [-0.15, -0.1) is 0 Å². The maximum Gasteiger partial charge on any atom is 0.222 e. The summed E-state index contributed by atoms with van der Waals surface area (Å²) in [7, 11) is 0. The summed E-state index contributed by atoms with van der Waals surface area (Å²) in [6.07, 6.45) is 8.39. The first kappa shape index (κ1) is 11.3. The van der Waals surface area contributed by atoms with Gasteiger partial charge in [0.25, 0.3) is 0 Å². The van der Waals surface area contributed by atoms with Crippen LogP contribution in [0.15, 0.2) is 12.3 Å². The molecule has 4 nitrogen and oxygen atoms in total. The van der Waals surface area contributed by atoms with Gasteiger partial charge in [-0.1, -0.05) is 19.3 Å². The maximum absolute atomic E-state index is 8.96. The Labute approximate surface area is 96.1 Å². The van der Waals surface area contributed by atoms with Crippen molar-refractivity contribution in [3.63, 3.8) is 0 Å². The molecule has 0 atom stereocenters. The van der Waals surface area contributed by atoms with Crippen molar-refractivity contribution < 1.29 is 5.11 Å². The molecule has 1 fully saturated rings. The Morgan fingerprint density at radius 1 is 1.31 bits per heavy atom. The molecule has 2 N–H and O–H groups in total. The molecule has 1 aromatic heterocycles. The van der Waals surface area contributed by atoms with E-state index in [9.17, 15) is 0 Å². The monoisotopic (exact) mass is 221 g/mol. The van der Waals surface area contributed by atoms with Crippen molar-refractivity contribution in [3.05, 3.63) is 18.0 Å². The Morgan fingerprint density at radius 3 is 2.88 bits per heavy atom. The maximum atomic E-state index is 8.96. The number of nitrogens with one attached hydrogen (secondary N) is 1. The molecule has 4 heteroatoms. The van der Waals surface area contributed by atoms with Crippen molar-refractivity contribution in [1.29, 1.82) is 0 Å². The SMILES string of the molecule is OCc1ccnc(NCC2CCCCC2)n1. The largest absolute Gasteiger partial charge is 0.390 e. The zero-order chi connectivity index (χ0) is 11.2. The highest BCUT2D eigenvalue weighted by molar-refractivity contribution is 5.24. The first-order chi connectivity index (χ1) is 7.88. The fourth-order valence-electron chi connectivity index (χ4n) is 2.20. The third kappa shape index (κ3) is 3.17. The minimum Gasteiger partial charge on any atom is -0.390 e. The van der Waals surface area contributed by atoms with Crippen LogP contribution >= 0.6 is 0 Å². The van der Waals surface area contributed by atoms with Crippen LogP contribution in [0.4, 0.5) is 5.95 Å². The molecule has 1 saturated carbocycles. The van der Waals surface area contributed by atoms with Crippen molar-refractivity contribution in [2.75, 3.05) is 11.9 Å². The third-order valence-corrected chi connectivity index (χ3v) is 3.15. The third-order valence-electron chi connectivity index (χ3n) is 3.15. The topological polar surface area (TPSA) is 58.0 Å². The minimum absolute atomic E-state index is 0.0272. The summed E-state index contributed by atoms with van der Waals surface area (Å²) < 4.78 is 0.